The number of carbonyl (C=O) groups excluding carboxylic acids is 1. The van der Waals surface area contributed by atoms with Gasteiger partial charge < -0.3 is 5.32 Å². The Morgan fingerprint density at radius 3 is 3.00 bits per heavy atom. The molecule has 0 spiro atoms. The minimum absolute atomic E-state index is 0.0505. The molecule has 0 aliphatic heterocycles. The SMILES string of the molecule is CC(CNC(=O)c1ccc(Br)cc1F)c1nccs1. The molecule has 100 valence electrons. The summed E-state index contributed by atoms with van der Waals surface area (Å²) in [5.41, 5.74) is 0.0505. The molecule has 6 heteroatoms. The van der Waals surface area contributed by atoms with Crippen molar-refractivity contribution in [2.24, 2.45) is 0 Å². The van der Waals surface area contributed by atoms with E-state index in [-0.39, 0.29) is 11.5 Å². The third kappa shape index (κ3) is 3.61. The first-order chi connectivity index (χ1) is 9.08. The smallest absolute Gasteiger partial charge is 0.254 e. The Balaban J connectivity index is 1.98. The highest BCUT2D eigenvalue weighted by atomic mass is 79.9. The molecule has 0 fully saturated rings. The second-order valence-electron chi connectivity index (χ2n) is 4.11. The van der Waals surface area contributed by atoms with Gasteiger partial charge in [-0.15, -0.1) is 11.3 Å². The Labute approximate surface area is 123 Å². The van der Waals surface area contributed by atoms with Crippen LogP contribution in [0.1, 0.15) is 28.2 Å². The van der Waals surface area contributed by atoms with Gasteiger partial charge in [0.25, 0.3) is 5.91 Å². The molecule has 0 aliphatic rings. The monoisotopic (exact) mass is 342 g/mol. The second-order valence-corrected chi connectivity index (χ2v) is 5.95. The molecule has 1 aromatic carbocycles. The number of aromatic nitrogens is 1. The highest BCUT2D eigenvalue weighted by Gasteiger charge is 2.14. The molecule has 2 rings (SSSR count). The first-order valence-electron chi connectivity index (χ1n) is 5.70. The third-order valence-electron chi connectivity index (χ3n) is 2.62. The van der Waals surface area contributed by atoms with Crippen LogP contribution < -0.4 is 5.32 Å². The summed E-state index contributed by atoms with van der Waals surface area (Å²) < 4.78 is 14.2. The topological polar surface area (TPSA) is 42.0 Å². The van der Waals surface area contributed by atoms with Crippen molar-refractivity contribution in [1.82, 2.24) is 10.3 Å². The Kier molecular flexibility index (Phi) is 4.66. The Bertz CT molecular complexity index is 574. The van der Waals surface area contributed by atoms with Gasteiger partial charge in [-0.25, -0.2) is 9.37 Å². The zero-order valence-electron chi connectivity index (χ0n) is 10.2. The van der Waals surface area contributed by atoms with Crippen LogP contribution in [0.2, 0.25) is 0 Å². The van der Waals surface area contributed by atoms with E-state index in [1.54, 1.807) is 23.6 Å². The molecule has 19 heavy (non-hydrogen) atoms. The first-order valence-corrected chi connectivity index (χ1v) is 7.38. The van der Waals surface area contributed by atoms with Crippen molar-refractivity contribution in [1.29, 1.82) is 0 Å². The largest absolute Gasteiger partial charge is 0.351 e. The summed E-state index contributed by atoms with van der Waals surface area (Å²) in [7, 11) is 0. The first kappa shape index (κ1) is 14.1. The van der Waals surface area contributed by atoms with Crippen LogP contribution in [0.25, 0.3) is 0 Å². The minimum atomic E-state index is -0.534. The van der Waals surface area contributed by atoms with E-state index in [4.69, 9.17) is 0 Å². The predicted molar refractivity (Wildman–Crippen MR) is 77.0 cm³/mol. The van der Waals surface area contributed by atoms with Crippen LogP contribution in [0.5, 0.6) is 0 Å². The van der Waals surface area contributed by atoms with E-state index in [9.17, 15) is 9.18 Å². The lowest BCUT2D eigenvalue weighted by molar-refractivity contribution is 0.0947. The molecule has 3 nitrogen and oxygen atoms in total. The van der Waals surface area contributed by atoms with Gasteiger partial charge >= 0.3 is 0 Å². The number of carbonyl (C=O) groups is 1. The third-order valence-corrected chi connectivity index (χ3v) is 4.12. The standard InChI is InChI=1S/C13H12BrFN2OS/c1-8(13-16-4-5-19-13)7-17-12(18)10-3-2-9(14)6-11(10)15/h2-6,8H,7H2,1H3,(H,17,18). The number of nitrogens with zero attached hydrogens (tertiary/aromatic N) is 1. The molecule has 0 saturated heterocycles. The molecule has 0 radical (unpaired) electrons. The number of amides is 1. The van der Waals surface area contributed by atoms with Crippen molar-refractivity contribution in [2.45, 2.75) is 12.8 Å². The van der Waals surface area contributed by atoms with Crippen LogP contribution in [-0.2, 0) is 0 Å². The fourth-order valence-electron chi connectivity index (χ4n) is 1.58. The number of rotatable bonds is 4. The van der Waals surface area contributed by atoms with Crippen molar-refractivity contribution >= 4 is 33.2 Å². The van der Waals surface area contributed by atoms with E-state index >= 15 is 0 Å². The van der Waals surface area contributed by atoms with Crippen molar-refractivity contribution in [3.8, 4) is 0 Å². The number of nitrogens with one attached hydrogen (secondary N) is 1. The number of thiazole rings is 1. The van der Waals surface area contributed by atoms with Gasteiger partial charge in [-0.2, -0.15) is 0 Å². The van der Waals surface area contributed by atoms with Crippen LogP contribution in [0.4, 0.5) is 4.39 Å². The average molecular weight is 343 g/mol. The summed E-state index contributed by atoms with van der Waals surface area (Å²) in [4.78, 5) is 16.1. The maximum absolute atomic E-state index is 13.6. The van der Waals surface area contributed by atoms with E-state index in [0.29, 0.717) is 11.0 Å². The lowest BCUT2D eigenvalue weighted by atomic mass is 10.1. The van der Waals surface area contributed by atoms with Crippen molar-refractivity contribution in [2.75, 3.05) is 6.54 Å². The molecular formula is C13H12BrFN2OS. The van der Waals surface area contributed by atoms with Gasteiger partial charge in [-0.05, 0) is 18.2 Å². The molecule has 1 atom stereocenters. The zero-order valence-corrected chi connectivity index (χ0v) is 12.6. The fraction of sp³-hybridized carbons (Fsp3) is 0.231. The van der Waals surface area contributed by atoms with Crippen LogP contribution in [0.3, 0.4) is 0 Å². The molecule has 2 aromatic rings. The number of hydrogen-bond acceptors (Lipinski definition) is 3. The van der Waals surface area contributed by atoms with Gasteiger partial charge in [0.1, 0.15) is 5.82 Å². The molecule has 0 saturated carbocycles. The predicted octanol–water partition coefficient (Wildman–Crippen LogP) is 3.58. The lowest BCUT2D eigenvalue weighted by Gasteiger charge is -2.10. The van der Waals surface area contributed by atoms with Gasteiger partial charge in [0.2, 0.25) is 0 Å². The molecule has 1 heterocycles. The fourth-order valence-corrected chi connectivity index (χ4v) is 2.61. The molecule has 1 aromatic heterocycles. The van der Waals surface area contributed by atoms with E-state index < -0.39 is 11.7 Å². The number of halogens is 2. The minimum Gasteiger partial charge on any atom is -0.351 e. The summed E-state index contributed by atoms with van der Waals surface area (Å²) in [6, 6.07) is 4.38. The molecule has 1 unspecified atom stereocenters. The Morgan fingerprint density at radius 2 is 2.37 bits per heavy atom. The molecule has 1 amide bonds. The number of hydrogen-bond donors (Lipinski definition) is 1. The maximum Gasteiger partial charge on any atom is 0.254 e. The highest BCUT2D eigenvalue weighted by molar-refractivity contribution is 9.10. The summed E-state index contributed by atoms with van der Waals surface area (Å²) >= 11 is 4.70. The second kappa shape index (κ2) is 6.25. The lowest BCUT2D eigenvalue weighted by Crippen LogP contribution is -2.28. The molecular weight excluding hydrogens is 331 g/mol. The van der Waals surface area contributed by atoms with Gasteiger partial charge in [-0.1, -0.05) is 22.9 Å². The van der Waals surface area contributed by atoms with E-state index in [2.05, 4.69) is 26.2 Å². The van der Waals surface area contributed by atoms with Gasteiger partial charge in [0, 0.05) is 28.5 Å². The molecule has 1 N–H and O–H groups in total. The highest BCUT2D eigenvalue weighted by Crippen LogP contribution is 2.18. The zero-order chi connectivity index (χ0) is 13.8. The van der Waals surface area contributed by atoms with Crippen LogP contribution in [-0.4, -0.2) is 17.4 Å². The summed E-state index contributed by atoms with van der Waals surface area (Å²) in [5, 5.41) is 5.57. The Hall–Kier alpha value is -1.27. The van der Waals surface area contributed by atoms with Gasteiger partial charge in [0.15, 0.2) is 0 Å². The molecule has 0 aliphatic carbocycles. The summed E-state index contributed by atoms with van der Waals surface area (Å²) in [6.07, 6.45) is 1.73. The Morgan fingerprint density at radius 1 is 1.58 bits per heavy atom. The van der Waals surface area contributed by atoms with Gasteiger partial charge in [-0.3, -0.25) is 4.79 Å². The van der Waals surface area contributed by atoms with Crippen molar-refractivity contribution in [3.05, 3.63) is 50.6 Å². The van der Waals surface area contributed by atoms with E-state index in [0.717, 1.165) is 5.01 Å². The van der Waals surface area contributed by atoms with Crippen LogP contribution >= 0.6 is 27.3 Å². The number of benzene rings is 1. The summed E-state index contributed by atoms with van der Waals surface area (Å²) in [6.45, 7) is 2.40. The average Bonchev–Trinajstić information content (AvgIpc) is 2.89. The van der Waals surface area contributed by atoms with Crippen molar-refractivity contribution in [3.63, 3.8) is 0 Å². The van der Waals surface area contributed by atoms with E-state index in [1.165, 1.54) is 12.1 Å². The van der Waals surface area contributed by atoms with E-state index in [1.807, 2.05) is 12.3 Å². The maximum atomic E-state index is 13.6. The van der Waals surface area contributed by atoms with Crippen LogP contribution in [0.15, 0.2) is 34.2 Å². The normalized spacial score (nSPS) is 12.2. The molecule has 0 bridgehead atoms. The van der Waals surface area contributed by atoms with Gasteiger partial charge in [0.05, 0.1) is 10.6 Å². The quantitative estimate of drug-likeness (QED) is 0.922. The van der Waals surface area contributed by atoms with Crippen LogP contribution in [0, 0.1) is 5.82 Å². The summed E-state index contributed by atoms with van der Waals surface area (Å²) in [5.74, 6) is -0.829. The van der Waals surface area contributed by atoms with Crippen molar-refractivity contribution < 1.29 is 9.18 Å².